The Hall–Kier alpha value is -1.71. The highest BCUT2D eigenvalue weighted by molar-refractivity contribution is 5.98. The molecule has 1 unspecified atom stereocenters. The smallest absolute Gasteiger partial charge is 0.316 e. The van der Waals surface area contributed by atoms with Crippen LogP contribution in [0.3, 0.4) is 0 Å². The predicted molar refractivity (Wildman–Crippen MR) is 65.6 cm³/mol. The van der Waals surface area contributed by atoms with E-state index in [9.17, 15) is 14.0 Å². The van der Waals surface area contributed by atoms with Gasteiger partial charge < -0.3 is 4.74 Å². The SMILES string of the molecule is CCOC(=O)C(Cc1ccc(C)c(F)c1)C(C)=O. The van der Waals surface area contributed by atoms with Gasteiger partial charge in [0.1, 0.15) is 17.5 Å². The number of ketones is 1. The summed E-state index contributed by atoms with van der Waals surface area (Å²) in [5.41, 5.74) is 1.15. The molecule has 18 heavy (non-hydrogen) atoms. The molecule has 0 radical (unpaired) electrons. The lowest BCUT2D eigenvalue weighted by Gasteiger charge is -2.12. The van der Waals surface area contributed by atoms with Gasteiger partial charge in [0.05, 0.1) is 6.61 Å². The van der Waals surface area contributed by atoms with Gasteiger partial charge in [0.15, 0.2) is 0 Å². The number of rotatable bonds is 5. The maximum absolute atomic E-state index is 13.4. The molecule has 0 heterocycles. The van der Waals surface area contributed by atoms with Gasteiger partial charge in [-0.2, -0.15) is 0 Å². The first kappa shape index (κ1) is 14.4. The van der Waals surface area contributed by atoms with E-state index >= 15 is 0 Å². The van der Waals surface area contributed by atoms with E-state index in [1.54, 1.807) is 26.0 Å². The van der Waals surface area contributed by atoms with Crippen LogP contribution < -0.4 is 0 Å². The molecule has 1 atom stereocenters. The number of halogens is 1. The molecule has 0 aliphatic heterocycles. The molecule has 0 bridgehead atoms. The van der Waals surface area contributed by atoms with Gasteiger partial charge in [0, 0.05) is 0 Å². The number of aryl methyl sites for hydroxylation is 1. The lowest BCUT2D eigenvalue weighted by molar-refractivity contribution is -0.151. The van der Waals surface area contributed by atoms with Crippen molar-refractivity contribution in [3.05, 3.63) is 35.1 Å². The number of esters is 1. The van der Waals surface area contributed by atoms with Crippen LogP contribution in [0.25, 0.3) is 0 Å². The molecule has 0 aliphatic carbocycles. The first-order valence-corrected chi connectivity index (χ1v) is 5.87. The molecule has 0 saturated heterocycles. The minimum absolute atomic E-state index is 0.172. The molecule has 4 heteroatoms. The minimum atomic E-state index is -0.855. The van der Waals surface area contributed by atoms with E-state index in [0.717, 1.165) is 0 Å². The molecule has 0 amide bonds. The van der Waals surface area contributed by atoms with Crippen LogP contribution in [0, 0.1) is 18.7 Å². The van der Waals surface area contributed by atoms with Crippen molar-refractivity contribution < 1.29 is 18.7 Å². The van der Waals surface area contributed by atoms with Gasteiger partial charge >= 0.3 is 5.97 Å². The number of Topliss-reactive ketones (excluding diaryl/α,β-unsaturated/α-hetero) is 1. The molecule has 3 nitrogen and oxygen atoms in total. The quantitative estimate of drug-likeness (QED) is 0.597. The number of benzene rings is 1. The van der Waals surface area contributed by atoms with Crippen molar-refractivity contribution in [2.75, 3.05) is 6.61 Å². The second-order valence-electron chi connectivity index (χ2n) is 4.20. The van der Waals surface area contributed by atoms with Gasteiger partial charge in [-0.05, 0) is 44.4 Å². The van der Waals surface area contributed by atoms with Crippen LogP contribution in [0.1, 0.15) is 25.0 Å². The van der Waals surface area contributed by atoms with E-state index in [-0.39, 0.29) is 24.6 Å². The second kappa shape index (κ2) is 6.28. The summed E-state index contributed by atoms with van der Waals surface area (Å²) in [6.45, 7) is 4.91. The van der Waals surface area contributed by atoms with Crippen molar-refractivity contribution >= 4 is 11.8 Å². The lowest BCUT2D eigenvalue weighted by Crippen LogP contribution is -2.26. The summed E-state index contributed by atoms with van der Waals surface area (Å²) in [6, 6.07) is 4.70. The fourth-order valence-electron chi connectivity index (χ4n) is 1.63. The Kier molecular flexibility index (Phi) is 5.01. The predicted octanol–water partition coefficient (Wildman–Crippen LogP) is 2.44. The molecule has 0 N–H and O–H groups in total. The molecule has 0 aromatic heterocycles. The van der Waals surface area contributed by atoms with Crippen molar-refractivity contribution in [2.24, 2.45) is 5.92 Å². The van der Waals surface area contributed by atoms with Crippen molar-refractivity contribution in [1.29, 1.82) is 0 Å². The first-order valence-electron chi connectivity index (χ1n) is 5.87. The van der Waals surface area contributed by atoms with Gasteiger partial charge in [-0.3, -0.25) is 9.59 Å². The topological polar surface area (TPSA) is 43.4 Å². The standard InChI is InChI=1S/C14H17FO3/c1-4-18-14(17)12(10(3)16)7-11-6-5-9(2)13(15)8-11/h5-6,8,12H,4,7H2,1-3H3. The summed E-state index contributed by atoms with van der Waals surface area (Å²) in [6.07, 6.45) is 0.172. The summed E-state index contributed by atoms with van der Waals surface area (Å²) < 4.78 is 18.2. The zero-order chi connectivity index (χ0) is 13.7. The Morgan fingerprint density at radius 1 is 1.39 bits per heavy atom. The molecule has 98 valence electrons. The largest absolute Gasteiger partial charge is 0.465 e. The van der Waals surface area contributed by atoms with Gasteiger partial charge in [-0.15, -0.1) is 0 Å². The molecule has 0 aliphatic rings. The van der Waals surface area contributed by atoms with Crippen LogP contribution in [0.15, 0.2) is 18.2 Å². The van der Waals surface area contributed by atoms with Gasteiger partial charge in [0.2, 0.25) is 0 Å². The van der Waals surface area contributed by atoms with E-state index in [1.807, 2.05) is 0 Å². The van der Waals surface area contributed by atoms with E-state index < -0.39 is 11.9 Å². The molecule has 1 aromatic rings. The van der Waals surface area contributed by atoms with Crippen LogP contribution in [-0.4, -0.2) is 18.4 Å². The third-order valence-electron chi connectivity index (χ3n) is 2.74. The van der Waals surface area contributed by atoms with Crippen molar-refractivity contribution in [3.63, 3.8) is 0 Å². The van der Waals surface area contributed by atoms with Crippen molar-refractivity contribution in [1.82, 2.24) is 0 Å². The van der Waals surface area contributed by atoms with Gasteiger partial charge in [0.25, 0.3) is 0 Å². The molecule has 0 spiro atoms. The van der Waals surface area contributed by atoms with Crippen LogP contribution in [0.4, 0.5) is 4.39 Å². The molecule has 0 fully saturated rings. The maximum Gasteiger partial charge on any atom is 0.316 e. The Morgan fingerprint density at radius 3 is 2.56 bits per heavy atom. The lowest BCUT2D eigenvalue weighted by atomic mass is 9.95. The van der Waals surface area contributed by atoms with Crippen molar-refractivity contribution in [3.8, 4) is 0 Å². The summed E-state index contributed by atoms with van der Waals surface area (Å²) >= 11 is 0. The Balaban J connectivity index is 2.86. The van der Waals surface area contributed by atoms with E-state index in [4.69, 9.17) is 4.74 Å². The van der Waals surface area contributed by atoms with Gasteiger partial charge in [-0.1, -0.05) is 12.1 Å². The average molecular weight is 252 g/mol. The third kappa shape index (κ3) is 3.65. The number of hydrogen-bond donors (Lipinski definition) is 0. The van der Waals surface area contributed by atoms with E-state index in [2.05, 4.69) is 0 Å². The van der Waals surface area contributed by atoms with Crippen LogP contribution in [-0.2, 0) is 20.7 Å². The van der Waals surface area contributed by atoms with Crippen LogP contribution >= 0.6 is 0 Å². The van der Waals surface area contributed by atoms with Gasteiger partial charge in [-0.25, -0.2) is 4.39 Å². The highest BCUT2D eigenvalue weighted by Gasteiger charge is 2.25. The molecular formula is C14H17FO3. The monoisotopic (exact) mass is 252 g/mol. The summed E-state index contributed by atoms with van der Waals surface area (Å²) in [5, 5.41) is 0. The number of carbonyl (C=O) groups is 2. The van der Waals surface area contributed by atoms with Crippen molar-refractivity contribution in [2.45, 2.75) is 27.2 Å². The molecule has 1 aromatic carbocycles. The van der Waals surface area contributed by atoms with E-state index in [0.29, 0.717) is 11.1 Å². The first-order chi connectivity index (χ1) is 8.45. The molecular weight excluding hydrogens is 235 g/mol. The Morgan fingerprint density at radius 2 is 2.06 bits per heavy atom. The number of hydrogen-bond acceptors (Lipinski definition) is 3. The Bertz CT molecular complexity index is 454. The maximum atomic E-state index is 13.4. The zero-order valence-electron chi connectivity index (χ0n) is 10.8. The van der Waals surface area contributed by atoms with E-state index in [1.165, 1.54) is 13.0 Å². The normalized spacial score (nSPS) is 12.0. The fourth-order valence-corrected chi connectivity index (χ4v) is 1.63. The van der Waals surface area contributed by atoms with Crippen LogP contribution in [0.5, 0.6) is 0 Å². The minimum Gasteiger partial charge on any atom is -0.465 e. The molecule has 0 saturated carbocycles. The highest BCUT2D eigenvalue weighted by Crippen LogP contribution is 2.15. The average Bonchev–Trinajstić information content (AvgIpc) is 2.30. The number of ether oxygens (including phenoxy) is 1. The third-order valence-corrected chi connectivity index (χ3v) is 2.74. The van der Waals surface area contributed by atoms with Crippen LogP contribution in [0.2, 0.25) is 0 Å². The summed E-state index contributed by atoms with van der Waals surface area (Å²) in [5.74, 6) is -2.01. The Labute approximate surface area is 106 Å². The fraction of sp³-hybridized carbons (Fsp3) is 0.429. The summed E-state index contributed by atoms with van der Waals surface area (Å²) in [4.78, 5) is 23.0. The zero-order valence-corrected chi connectivity index (χ0v) is 10.8. The number of carbonyl (C=O) groups excluding carboxylic acids is 2. The molecule has 1 rings (SSSR count). The second-order valence-corrected chi connectivity index (χ2v) is 4.20. The highest BCUT2D eigenvalue weighted by atomic mass is 19.1. The summed E-state index contributed by atoms with van der Waals surface area (Å²) in [7, 11) is 0.